The number of halogens is 1. The molecule has 3 heterocycles. The van der Waals surface area contributed by atoms with E-state index in [0.29, 0.717) is 13.1 Å². The number of nitrogens with zero attached hydrogens (tertiary/aromatic N) is 5. The lowest BCUT2D eigenvalue weighted by Crippen LogP contribution is -2.40. The maximum atomic E-state index is 14.0. The van der Waals surface area contributed by atoms with Crippen LogP contribution in [0.25, 0.3) is 0 Å². The summed E-state index contributed by atoms with van der Waals surface area (Å²) in [4.78, 5) is 16.8. The van der Waals surface area contributed by atoms with Gasteiger partial charge in [0.1, 0.15) is 17.5 Å². The van der Waals surface area contributed by atoms with Crippen molar-refractivity contribution in [3.63, 3.8) is 0 Å². The van der Waals surface area contributed by atoms with Crippen molar-refractivity contribution in [3.8, 4) is 0 Å². The number of likely N-dealkylation sites (tertiary alicyclic amines) is 1. The van der Waals surface area contributed by atoms with Crippen LogP contribution in [-0.4, -0.2) is 69.9 Å². The molecule has 4 rings (SSSR count). The predicted octanol–water partition coefficient (Wildman–Crippen LogP) is 1.81. The monoisotopic (exact) mass is 387 g/mol. The van der Waals surface area contributed by atoms with Gasteiger partial charge in [0.25, 0.3) is 5.91 Å². The molecule has 0 saturated carbocycles. The molecule has 2 aliphatic rings. The second-order valence-electron chi connectivity index (χ2n) is 7.49. The topological polar surface area (TPSA) is 63.5 Å². The summed E-state index contributed by atoms with van der Waals surface area (Å²) in [7, 11) is 1.99. The summed E-state index contributed by atoms with van der Waals surface area (Å²) < 4.78 is 21.5. The normalized spacial score (nSPS) is 21.1. The molecule has 0 unspecified atom stereocenters. The Morgan fingerprint density at radius 2 is 2.00 bits per heavy atom. The van der Waals surface area contributed by atoms with Gasteiger partial charge in [-0.15, -0.1) is 10.2 Å². The molecule has 1 atom stereocenters. The fourth-order valence-electron chi connectivity index (χ4n) is 4.01. The van der Waals surface area contributed by atoms with E-state index in [2.05, 4.69) is 19.7 Å². The van der Waals surface area contributed by atoms with E-state index in [4.69, 9.17) is 4.74 Å². The van der Waals surface area contributed by atoms with Gasteiger partial charge in [0.2, 0.25) is 0 Å². The first-order chi connectivity index (χ1) is 13.6. The Morgan fingerprint density at radius 1 is 1.21 bits per heavy atom. The van der Waals surface area contributed by atoms with Gasteiger partial charge in [-0.1, -0.05) is 12.1 Å². The fourth-order valence-corrected chi connectivity index (χ4v) is 4.01. The van der Waals surface area contributed by atoms with E-state index >= 15 is 0 Å². The molecule has 150 valence electrons. The van der Waals surface area contributed by atoms with Crippen LogP contribution in [0.1, 0.15) is 40.8 Å². The molecule has 1 amide bonds. The summed E-state index contributed by atoms with van der Waals surface area (Å²) >= 11 is 0. The number of amides is 1. The number of piperidine rings is 1. The lowest BCUT2D eigenvalue weighted by molar-refractivity contribution is 0.0326. The Morgan fingerprint density at radius 3 is 2.79 bits per heavy atom. The highest BCUT2D eigenvalue weighted by molar-refractivity contribution is 5.94. The van der Waals surface area contributed by atoms with Crippen LogP contribution in [0.5, 0.6) is 0 Å². The van der Waals surface area contributed by atoms with Crippen LogP contribution < -0.4 is 0 Å². The van der Waals surface area contributed by atoms with Gasteiger partial charge in [-0.2, -0.15) is 0 Å². The van der Waals surface area contributed by atoms with Crippen LogP contribution in [0.2, 0.25) is 0 Å². The van der Waals surface area contributed by atoms with Gasteiger partial charge in [-0.05, 0) is 25.0 Å². The molecule has 0 aliphatic carbocycles. The Labute approximate surface area is 164 Å². The molecule has 0 bridgehead atoms. The summed E-state index contributed by atoms with van der Waals surface area (Å²) in [6.07, 6.45) is 1.82. The fraction of sp³-hybridized carbons (Fsp3) is 0.550. The number of rotatable bonds is 4. The number of hydrogen-bond acceptors (Lipinski definition) is 5. The van der Waals surface area contributed by atoms with Gasteiger partial charge < -0.3 is 14.2 Å². The smallest absolute Gasteiger partial charge is 0.256 e. The second-order valence-corrected chi connectivity index (χ2v) is 7.49. The highest BCUT2D eigenvalue weighted by Gasteiger charge is 2.30. The number of hydrogen-bond donors (Lipinski definition) is 0. The molecular formula is C20H26FN5O2. The number of benzene rings is 1. The molecule has 1 aromatic carbocycles. The second kappa shape index (κ2) is 8.36. The van der Waals surface area contributed by atoms with Crippen molar-refractivity contribution in [2.24, 2.45) is 7.05 Å². The van der Waals surface area contributed by atoms with E-state index in [0.717, 1.165) is 57.3 Å². The predicted molar refractivity (Wildman–Crippen MR) is 101 cm³/mol. The van der Waals surface area contributed by atoms with Crippen LogP contribution in [-0.2, 0) is 18.3 Å². The molecule has 28 heavy (non-hydrogen) atoms. The molecule has 2 fully saturated rings. The summed E-state index contributed by atoms with van der Waals surface area (Å²) in [5, 5.41) is 8.83. The van der Waals surface area contributed by atoms with Crippen LogP contribution in [0.15, 0.2) is 24.3 Å². The maximum absolute atomic E-state index is 14.0. The summed E-state index contributed by atoms with van der Waals surface area (Å²) in [6, 6.07) is 6.16. The molecule has 2 aliphatic heterocycles. The zero-order chi connectivity index (χ0) is 19.5. The Kier molecular flexibility index (Phi) is 5.68. The third kappa shape index (κ3) is 3.93. The zero-order valence-electron chi connectivity index (χ0n) is 16.2. The highest BCUT2D eigenvalue weighted by atomic mass is 19.1. The van der Waals surface area contributed by atoms with Crippen LogP contribution in [0.3, 0.4) is 0 Å². The number of carbonyl (C=O) groups is 1. The SMILES string of the molecule is Cn1c(CN2CCOCC2)nnc1[C@@H]1CCCN(C(=O)c2ccccc2F)C1. The Bertz CT molecular complexity index is 834. The molecule has 0 spiro atoms. The molecule has 1 aromatic heterocycles. The summed E-state index contributed by atoms with van der Waals surface area (Å²) in [5.41, 5.74) is 0.133. The van der Waals surface area contributed by atoms with E-state index < -0.39 is 5.82 Å². The van der Waals surface area contributed by atoms with E-state index in [1.54, 1.807) is 23.1 Å². The van der Waals surface area contributed by atoms with Gasteiger partial charge in [0.15, 0.2) is 0 Å². The standard InChI is InChI=1S/C20H26FN5O2/c1-24-18(14-25-9-11-28-12-10-25)22-23-19(24)15-5-4-8-26(13-15)20(27)16-6-2-3-7-17(16)21/h2-3,6-7,15H,4-5,8-14H2,1H3/t15-/m1/s1. The number of carbonyl (C=O) groups excluding carboxylic acids is 1. The van der Waals surface area contributed by atoms with Crippen molar-refractivity contribution in [1.29, 1.82) is 0 Å². The zero-order valence-corrected chi connectivity index (χ0v) is 16.2. The summed E-state index contributed by atoms with van der Waals surface area (Å²) in [5.74, 6) is 1.21. The van der Waals surface area contributed by atoms with Gasteiger partial charge in [0, 0.05) is 39.1 Å². The summed E-state index contributed by atoms with van der Waals surface area (Å²) in [6.45, 7) is 5.23. The van der Waals surface area contributed by atoms with E-state index in [-0.39, 0.29) is 17.4 Å². The van der Waals surface area contributed by atoms with Gasteiger partial charge in [-0.3, -0.25) is 9.69 Å². The molecule has 2 saturated heterocycles. The number of ether oxygens (including phenoxy) is 1. The molecule has 2 aromatic rings. The van der Waals surface area contributed by atoms with Gasteiger partial charge in [-0.25, -0.2) is 4.39 Å². The van der Waals surface area contributed by atoms with Crippen molar-refractivity contribution in [3.05, 3.63) is 47.3 Å². The molecule has 8 heteroatoms. The largest absolute Gasteiger partial charge is 0.379 e. The first-order valence-electron chi connectivity index (χ1n) is 9.85. The first-order valence-corrected chi connectivity index (χ1v) is 9.85. The molecule has 7 nitrogen and oxygen atoms in total. The lowest BCUT2D eigenvalue weighted by Gasteiger charge is -2.32. The Balaban J connectivity index is 1.46. The number of morpholine rings is 1. The quantitative estimate of drug-likeness (QED) is 0.801. The molecule has 0 radical (unpaired) electrons. The maximum Gasteiger partial charge on any atom is 0.256 e. The minimum Gasteiger partial charge on any atom is -0.379 e. The van der Waals surface area contributed by atoms with Crippen LogP contribution in [0, 0.1) is 5.82 Å². The first kappa shape index (κ1) is 19.0. The highest BCUT2D eigenvalue weighted by Crippen LogP contribution is 2.27. The van der Waals surface area contributed by atoms with Crippen molar-refractivity contribution in [1.82, 2.24) is 24.6 Å². The number of aromatic nitrogens is 3. The van der Waals surface area contributed by atoms with E-state index in [1.165, 1.54) is 6.07 Å². The van der Waals surface area contributed by atoms with Crippen molar-refractivity contribution >= 4 is 5.91 Å². The van der Waals surface area contributed by atoms with Crippen molar-refractivity contribution in [2.45, 2.75) is 25.3 Å². The minimum atomic E-state index is -0.471. The third-order valence-corrected chi connectivity index (χ3v) is 5.65. The average molecular weight is 387 g/mol. The van der Waals surface area contributed by atoms with Crippen molar-refractivity contribution in [2.75, 3.05) is 39.4 Å². The Hall–Kier alpha value is -2.32. The van der Waals surface area contributed by atoms with E-state index in [9.17, 15) is 9.18 Å². The van der Waals surface area contributed by atoms with Crippen LogP contribution >= 0.6 is 0 Å². The van der Waals surface area contributed by atoms with Crippen molar-refractivity contribution < 1.29 is 13.9 Å². The average Bonchev–Trinajstić information content (AvgIpc) is 3.09. The van der Waals surface area contributed by atoms with E-state index in [1.807, 2.05) is 7.05 Å². The van der Waals surface area contributed by atoms with Gasteiger partial charge >= 0.3 is 0 Å². The van der Waals surface area contributed by atoms with Crippen LogP contribution in [0.4, 0.5) is 4.39 Å². The lowest BCUT2D eigenvalue weighted by atomic mass is 9.96. The minimum absolute atomic E-state index is 0.111. The third-order valence-electron chi connectivity index (χ3n) is 5.65. The molecular weight excluding hydrogens is 361 g/mol. The van der Waals surface area contributed by atoms with Gasteiger partial charge in [0.05, 0.1) is 25.3 Å². The molecule has 0 N–H and O–H groups in total.